The molecule has 118 valence electrons. The number of rotatable bonds is 5. The summed E-state index contributed by atoms with van der Waals surface area (Å²) in [7, 11) is -2.35. The molecule has 1 fully saturated rings. The first kappa shape index (κ1) is 16.5. The second-order valence-corrected chi connectivity index (χ2v) is 7.33. The Morgan fingerprint density at radius 3 is 2.57 bits per heavy atom. The predicted molar refractivity (Wildman–Crippen MR) is 81.1 cm³/mol. The third-order valence-corrected chi connectivity index (χ3v) is 5.43. The molecule has 0 saturated heterocycles. The molecule has 0 aromatic heterocycles. The van der Waals surface area contributed by atoms with Gasteiger partial charge < -0.3 is 9.84 Å². The molecule has 0 unspecified atom stereocenters. The molecule has 1 aromatic rings. The SMILES string of the molecule is COc1c(CO)cc(Cl)cc1S(=O)(=O)NC1CCCCC1. The third kappa shape index (κ3) is 3.88. The zero-order chi connectivity index (χ0) is 15.5. The van der Waals surface area contributed by atoms with E-state index in [1.54, 1.807) is 0 Å². The highest BCUT2D eigenvalue weighted by Gasteiger charge is 2.26. The summed E-state index contributed by atoms with van der Waals surface area (Å²) in [5.41, 5.74) is 0.356. The molecular weight excluding hydrogens is 314 g/mol. The minimum atomic E-state index is -3.73. The molecule has 2 N–H and O–H groups in total. The quantitative estimate of drug-likeness (QED) is 0.867. The number of hydrogen-bond acceptors (Lipinski definition) is 4. The Bertz CT molecular complexity index is 597. The first-order valence-electron chi connectivity index (χ1n) is 6.97. The number of methoxy groups -OCH3 is 1. The van der Waals surface area contributed by atoms with Gasteiger partial charge in [0.25, 0.3) is 0 Å². The molecular formula is C14H20ClNO4S. The molecule has 0 aliphatic heterocycles. The molecule has 7 heteroatoms. The molecule has 1 aromatic carbocycles. The van der Waals surface area contributed by atoms with Gasteiger partial charge in [0.05, 0.1) is 13.7 Å². The number of sulfonamides is 1. The molecule has 0 spiro atoms. The van der Waals surface area contributed by atoms with Gasteiger partial charge in [-0.3, -0.25) is 0 Å². The zero-order valence-electron chi connectivity index (χ0n) is 11.9. The molecule has 1 aliphatic rings. The van der Waals surface area contributed by atoms with E-state index < -0.39 is 10.0 Å². The summed E-state index contributed by atoms with van der Waals surface area (Å²) in [6.07, 6.45) is 4.89. The summed E-state index contributed by atoms with van der Waals surface area (Å²) >= 11 is 5.95. The molecule has 0 atom stereocenters. The van der Waals surface area contributed by atoms with Crippen LogP contribution in [-0.2, 0) is 16.6 Å². The van der Waals surface area contributed by atoms with Gasteiger partial charge in [0.1, 0.15) is 10.6 Å². The lowest BCUT2D eigenvalue weighted by Gasteiger charge is -2.23. The normalized spacial score (nSPS) is 16.9. The molecule has 0 amide bonds. The fourth-order valence-electron chi connectivity index (χ4n) is 2.67. The van der Waals surface area contributed by atoms with E-state index in [1.807, 2.05) is 0 Å². The minimum absolute atomic E-state index is 0.0212. The number of hydrogen-bond donors (Lipinski definition) is 2. The van der Waals surface area contributed by atoms with Gasteiger partial charge >= 0.3 is 0 Å². The van der Waals surface area contributed by atoms with Gasteiger partial charge in [-0.15, -0.1) is 0 Å². The van der Waals surface area contributed by atoms with Crippen LogP contribution >= 0.6 is 11.6 Å². The van der Waals surface area contributed by atoms with E-state index in [1.165, 1.54) is 19.2 Å². The minimum Gasteiger partial charge on any atom is -0.495 e. The number of benzene rings is 1. The first-order chi connectivity index (χ1) is 9.97. The van der Waals surface area contributed by atoms with Crippen molar-refractivity contribution in [1.82, 2.24) is 4.72 Å². The van der Waals surface area contributed by atoms with E-state index in [-0.39, 0.29) is 28.3 Å². The van der Waals surface area contributed by atoms with Gasteiger partial charge in [-0.05, 0) is 25.0 Å². The van der Waals surface area contributed by atoms with Crippen molar-refractivity contribution in [2.45, 2.75) is 49.6 Å². The maximum Gasteiger partial charge on any atom is 0.244 e. The fourth-order valence-corrected chi connectivity index (χ4v) is 4.52. The van der Waals surface area contributed by atoms with Crippen LogP contribution in [0.1, 0.15) is 37.7 Å². The third-order valence-electron chi connectivity index (χ3n) is 3.69. The monoisotopic (exact) mass is 333 g/mol. The Hall–Kier alpha value is -0.820. The summed E-state index contributed by atoms with van der Waals surface area (Å²) in [4.78, 5) is -0.0212. The summed E-state index contributed by atoms with van der Waals surface area (Å²) in [5, 5.41) is 9.59. The molecule has 2 rings (SSSR count). The van der Waals surface area contributed by atoms with Crippen molar-refractivity contribution in [1.29, 1.82) is 0 Å². The fraction of sp³-hybridized carbons (Fsp3) is 0.571. The van der Waals surface area contributed by atoms with Gasteiger partial charge in [0.15, 0.2) is 0 Å². The Morgan fingerprint density at radius 1 is 1.33 bits per heavy atom. The number of aliphatic hydroxyl groups excluding tert-OH is 1. The van der Waals surface area contributed by atoms with Crippen molar-refractivity contribution < 1.29 is 18.3 Å². The van der Waals surface area contributed by atoms with E-state index in [2.05, 4.69) is 4.72 Å². The highest BCUT2D eigenvalue weighted by molar-refractivity contribution is 7.89. The van der Waals surface area contributed by atoms with Crippen molar-refractivity contribution >= 4 is 21.6 Å². The second-order valence-electron chi connectivity index (χ2n) is 5.21. The van der Waals surface area contributed by atoms with E-state index in [0.717, 1.165) is 32.1 Å². The lowest BCUT2D eigenvalue weighted by atomic mass is 9.96. The number of nitrogens with one attached hydrogen (secondary N) is 1. The molecule has 0 radical (unpaired) electrons. The molecule has 0 bridgehead atoms. The maximum atomic E-state index is 12.6. The Kier molecular flexibility index (Phi) is 5.48. The van der Waals surface area contributed by atoms with Crippen molar-refractivity contribution in [3.05, 3.63) is 22.7 Å². The number of ether oxygens (including phenoxy) is 1. The average molecular weight is 334 g/mol. The lowest BCUT2D eigenvalue weighted by Crippen LogP contribution is -2.36. The van der Waals surface area contributed by atoms with Crippen molar-refractivity contribution in [2.75, 3.05) is 7.11 Å². The van der Waals surface area contributed by atoms with Crippen LogP contribution in [0.25, 0.3) is 0 Å². The van der Waals surface area contributed by atoms with E-state index >= 15 is 0 Å². The highest BCUT2D eigenvalue weighted by Crippen LogP contribution is 2.32. The highest BCUT2D eigenvalue weighted by atomic mass is 35.5. The average Bonchev–Trinajstić information content (AvgIpc) is 2.46. The number of aliphatic hydroxyl groups is 1. The van der Waals surface area contributed by atoms with Gasteiger partial charge in [0, 0.05) is 16.6 Å². The lowest BCUT2D eigenvalue weighted by molar-refractivity contribution is 0.272. The Balaban J connectivity index is 2.36. The molecule has 5 nitrogen and oxygen atoms in total. The van der Waals surface area contributed by atoms with Crippen LogP contribution < -0.4 is 9.46 Å². The van der Waals surface area contributed by atoms with Gasteiger partial charge in [0.2, 0.25) is 10.0 Å². The maximum absolute atomic E-state index is 12.6. The van der Waals surface area contributed by atoms with Gasteiger partial charge in [-0.1, -0.05) is 30.9 Å². The van der Waals surface area contributed by atoms with E-state index in [4.69, 9.17) is 16.3 Å². The second kappa shape index (κ2) is 6.96. The molecule has 0 heterocycles. The van der Waals surface area contributed by atoms with Crippen LogP contribution in [0.2, 0.25) is 5.02 Å². The summed E-state index contributed by atoms with van der Waals surface area (Å²) in [6.45, 7) is -0.338. The van der Waals surface area contributed by atoms with Crippen LogP contribution in [0.15, 0.2) is 17.0 Å². The van der Waals surface area contributed by atoms with Crippen molar-refractivity contribution in [2.24, 2.45) is 0 Å². The van der Waals surface area contributed by atoms with Gasteiger partial charge in [-0.2, -0.15) is 0 Å². The molecule has 1 aliphatic carbocycles. The van der Waals surface area contributed by atoms with Crippen LogP contribution in [0.3, 0.4) is 0 Å². The number of halogens is 1. The smallest absolute Gasteiger partial charge is 0.244 e. The predicted octanol–water partition coefficient (Wildman–Crippen LogP) is 2.45. The van der Waals surface area contributed by atoms with Crippen LogP contribution in [0.5, 0.6) is 5.75 Å². The van der Waals surface area contributed by atoms with Crippen LogP contribution in [0, 0.1) is 0 Å². The van der Waals surface area contributed by atoms with Crippen LogP contribution in [0.4, 0.5) is 0 Å². The summed E-state index contributed by atoms with van der Waals surface area (Å²) in [6, 6.07) is 2.80. The zero-order valence-corrected chi connectivity index (χ0v) is 13.5. The standard InChI is InChI=1S/C14H20ClNO4S/c1-20-14-10(9-17)7-11(15)8-13(14)21(18,19)16-12-5-3-2-4-6-12/h7-8,12,16-17H,2-6,9H2,1H3. The first-order valence-corrected chi connectivity index (χ1v) is 8.83. The van der Waals surface area contributed by atoms with Crippen LogP contribution in [-0.4, -0.2) is 26.7 Å². The summed E-state index contributed by atoms with van der Waals surface area (Å²) < 4.78 is 33.0. The van der Waals surface area contributed by atoms with E-state index in [0.29, 0.717) is 5.56 Å². The molecule has 1 saturated carbocycles. The van der Waals surface area contributed by atoms with Crippen molar-refractivity contribution in [3.8, 4) is 5.75 Å². The molecule has 21 heavy (non-hydrogen) atoms. The van der Waals surface area contributed by atoms with Gasteiger partial charge in [-0.25, -0.2) is 13.1 Å². The van der Waals surface area contributed by atoms with E-state index in [9.17, 15) is 13.5 Å². The topological polar surface area (TPSA) is 75.6 Å². The largest absolute Gasteiger partial charge is 0.495 e. The summed E-state index contributed by atoms with van der Waals surface area (Å²) in [5.74, 6) is 0.144. The Labute approximate surface area is 130 Å². The van der Waals surface area contributed by atoms with Crippen molar-refractivity contribution in [3.63, 3.8) is 0 Å². The Morgan fingerprint density at radius 2 is 2.00 bits per heavy atom.